The van der Waals surface area contributed by atoms with Crippen molar-refractivity contribution in [2.45, 2.75) is 19.6 Å². The van der Waals surface area contributed by atoms with E-state index in [1.165, 1.54) is 12.0 Å². The Balaban J connectivity index is 1.46. The number of benzene rings is 3. The number of esters is 1. The molecule has 43 heavy (non-hydrogen) atoms. The van der Waals surface area contributed by atoms with Gasteiger partial charge in [0.1, 0.15) is 36.2 Å². The highest BCUT2D eigenvalue weighted by Crippen LogP contribution is 2.45. The summed E-state index contributed by atoms with van der Waals surface area (Å²) in [5.74, 6) is -1.38. The van der Waals surface area contributed by atoms with Crippen LogP contribution in [-0.4, -0.2) is 48.1 Å². The SMILES string of the molecule is COC(=O)c1sc(N2C(=O)C(=O)C(=C(O)c3ccc4c(c3)OCCO4)[C@@H]2c2cccc(OCc3ccccc3)c2)nc1C. The first-order valence-electron chi connectivity index (χ1n) is 13.4. The zero-order valence-electron chi connectivity index (χ0n) is 23.2. The number of ketones is 1. The Morgan fingerprint density at radius 1 is 1.02 bits per heavy atom. The van der Waals surface area contributed by atoms with E-state index in [2.05, 4.69) is 4.98 Å². The molecule has 1 saturated heterocycles. The molecule has 1 fully saturated rings. The molecule has 2 aliphatic heterocycles. The number of amides is 1. The third kappa shape index (κ3) is 5.30. The van der Waals surface area contributed by atoms with Crippen molar-refractivity contribution < 1.29 is 38.4 Å². The van der Waals surface area contributed by atoms with Crippen molar-refractivity contribution in [2.75, 3.05) is 25.2 Å². The smallest absolute Gasteiger partial charge is 0.350 e. The molecule has 1 N–H and O–H groups in total. The van der Waals surface area contributed by atoms with Gasteiger partial charge in [0.15, 0.2) is 16.6 Å². The van der Waals surface area contributed by atoms with Gasteiger partial charge < -0.3 is 24.1 Å². The number of rotatable bonds is 7. The zero-order valence-corrected chi connectivity index (χ0v) is 24.1. The summed E-state index contributed by atoms with van der Waals surface area (Å²) in [7, 11) is 1.25. The number of aromatic nitrogens is 1. The summed E-state index contributed by atoms with van der Waals surface area (Å²) < 4.78 is 22.1. The second-order valence-electron chi connectivity index (χ2n) is 9.78. The summed E-state index contributed by atoms with van der Waals surface area (Å²) in [6.45, 7) is 2.65. The number of hydrogen-bond acceptors (Lipinski definition) is 10. The number of fused-ring (bicyclic) bond motifs is 1. The molecule has 1 aromatic heterocycles. The summed E-state index contributed by atoms with van der Waals surface area (Å²) in [6.07, 6.45) is 0. The molecule has 6 rings (SSSR count). The number of carbonyl (C=O) groups excluding carboxylic acids is 3. The van der Waals surface area contributed by atoms with E-state index in [0.717, 1.165) is 16.9 Å². The predicted molar refractivity (Wildman–Crippen MR) is 158 cm³/mol. The van der Waals surface area contributed by atoms with Gasteiger partial charge in [0.2, 0.25) is 0 Å². The van der Waals surface area contributed by atoms with E-state index < -0.39 is 23.7 Å². The van der Waals surface area contributed by atoms with Crippen molar-refractivity contribution in [3.63, 3.8) is 0 Å². The predicted octanol–water partition coefficient (Wildman–Crippen LogP) is 5.21. The topological polar surface area (TPSA) is 124 Å². The maximum Gasteiger partial charge on any atom is 0.350 e. The number of thiazole rings is 1. The molecule has 218 valence electrons. The number of carbonyl (C=O) groups is 3. The number of hydrogen-bond donors (Lipinski definition) is 1. The minimum Gasteiger partial charge on any atom is -0.507 e. The van der Waals surface area contributed by atoms with Gasteiger partial charge in [0, 0.05) is 5.56 Å². The van der Waals surface area contributed by atoms with Crippen LogP contribution in [-0.2, 0) is 20.9 Å². The maximum absolute atomic E-state index is 13.6. The van der Waals surface area contributed by atoms with E-state index in [9.17, 15) is 19.5 Å². The highest BCUT2D eigenvalue weighted by Gasteiger charge is 2.48. The third-order valence-corrected chi connectivity index (χ3v) is 8.18. The quantitative estimate of drug-likeness (QED) is 0.132. The van der Waals surface area contributed by atoms with Crippen LogP contribution in [0.2, 0.25) is 0 Å². The monoisotopic (exact) mass is 598 g/mol. The lowest BCUT2D eigenvalue weighted by atomic mass is 9.95. The first kappa shape index (κ1) is 28.0. The molecule has 0 saturated carbocycles. The van der Waals surface area contributed by atoms with Crippen LogP contribution in [0.4, 0.5) is 5.13 Å². The highest BCUT2D eigenvalue weighted by atomic mass is 32.1. The normalized spacial score (nSPS) is 17.2. The molecule has 1 atom stereocenters. The largest absolute Gasteiger partial charge is 0.507 e. The van der Waals surface area contributed by atoms with Crippen molar-refractivity contribution in [3.05, 3.63) is 106 Å². The van der Waals surface area contributed by atoms with E-state index in [-0.39, 0.29) is 26.9 Å². The molecule has 2 aliphatic rings. The van der Waals surface area contributed by atoms with Crippen LogP contribution in [0.5, 0.6) is 17.2 Å². The van der Waals surface area contributed by atoms with Crippen molar-refractivity contribution >= 4 is 39.9 Å². The summed E-state index contributed by atoms with van der Waals surface area (Å²) in [4.78, 5) is 45.5. The summed E-state index contributed by atoms with van der Waals surface area (Å²) in [6, 6.07) is 20.3. The van der Waals surface area contributed by atoms with Crippen LogP contribution in [0.1, 0.15) is 38.1 Å². The molecule has 0 spiro atoms. The summed E-state index contributed by atoms with van der Waals surface area (Å²) >= 11 is 0.929. The highest BCUT2D eigenvalue weighted by molar-refractivity contribution is 7.17. The van der Waals surface area contributed by atoms with E-state index in [1.54, 1.807) is 49.4 Å². The number of methoxy groups -OCH3 is 1. The molecule has 0 aliphatic carbocycles. The minimum absolute atomic E-state index is 0.113. The van der Waals surface area contributed by atoms with Gasteiger partial charge in [-0.3, -0.25) is 14.5 Å². The fraction of sp³-hybridized carbons (Fsp3) is 0.188. The Kier molecular flexibility index (Phi) is 7.56. The number of aliphatic hydroxyl groups excluding tert-OH is 1. The molecule has 1 amide bonds. The van der Waals surface area contributed by atoms with Crippen molar-refractivity contribution in [1.29, 1.82) is 0 Å². The molecule has 0 unspecified atom stereocenters. The van der Waals surface area contributed by atoms with Crippen LogP contribution in [0.25, 0.3) is 5.76 Å². The molecule has 11 heteroatoms. The van der Waals surface area contributed by atoms with Crippen molar-refractivity contribution in [2.24, 2.45) is 0 Å². The first-order chi connectivity index (χ1) is 20.9. The van der Waals surface area contributed by atoms with Crippen LogP contribution in [0.3, 0.4) is 0 Å². The van der Waals surface area contributed by atoms with Gasteiger partial charge in [-0.25, -0.2) is 9.78 Å². The molecule has 0 bridgehead atoms. The van der Waals surface area contributed by atoms with Crippen molar-refractivity contribution in [1.82, 2.24) is 4.98 Å². The summed E-state index contributed by atoms with van der Waals surface area (Å²) in [5.41, 5.74) is 1.94. The van der Waals surface area contributed by atoms with Crippen LogP contribution >= 0.6 is 11.3 Å². The van der Waals surface area contributed by atoms with Gasteiger partial charge >= 0.3 is 11.9 Å². The zero-order chi connectivity index (χ0) is 30.1. The van der Waals surface area contributed by atoms with Gasteiger partial charge in [0.05, 0.1) is 24.4 Å². The third-order valence-electron chi connectivity index (χ3n) is 7.04. The number of aliphatic hydroxyl groups is 1. The Bertz CT molecular complexity index is 1760. The summed E-state index contributed by atoms with van der Waals surface area (Å²) in [5, 5.41) is 11.7. The van der Waals surface area contributed by atoms with Gasteiger partial charge in [-0.05, 0) is 48.4 Å². The maximum atomic E-state index is 13.6. The van der Waals surface area contributed by atoms with E-state index in [1.807, 2.05) is 30.3 Å². The standard InChI is InChI=1S/C32H26N2O8S/c1-18-29(31(38)39-2)43-32(33-18)34-26(20-9-6-10-22(15-20)42-17-19-7-4-3-5-8-19)25(28(36)30(34)37)27(35)21-11-12-23-24(16-21)41-14-13-40-23/h3-12,15-16,26,35H,13-14,17H2,1-2H3/t26-/m0/s1. The molecular formula is C32H26N2O8S. The molecular weight excluding hydrogens is 572 g/mol. The average molecular weight is 599 g/mol. The van der Waals surface area contributed by atoms with Crippen LogP contribution < -0.4 is 19.1 Å². The van der Waals surface area contributed by atoms with Gasteiger partial charge in [-0.1, -0.05) is 53.8 Å². The minimum atomic E-state index is -1.08. The average Bonchev–Trinajstić information content (AvgIpc) is 3.55. The lowest BCUT2D eigenvalue weighted by Gasteiger charge is -2.24. The van der Waals surface area contributed by atoms with Crippen LogP contribution in [0, 0.1) is 6.92 Å². The van der Waals surface area contributed by atoms with E-state index in [4.69, 9.17) is 18.9 Å². The molecule has 3 heterocycles. The number of Topliss-reactive ketones (excluding diaryl/α,β-unsaturated/α-hetero) is 1. The fourth-order valence-electron chi connectivity index (χ4n) is 4.97. The Labute approximate surface area is 250 Å². The molecule has 4 aromatic rings. The van der Waals surface area contributed by atoms with Gasteiger partial charge in [-0.2, -0.15) is 0 Å². The second-order valence-corrected chi connectivity index (χ2v) is 10.8. The Hall–Kier alpha value is -5.16. The fourth-order valence-corrected chi connectivity index (χ4v) is 5.99. The van der Waals surface area contributed by atoms with Gasteiger partial charge in [0.25, 0.3) is 5.78 Å². The van der Waals surface area contributed by atoms with Crippen LogP contribution in [0.15, 0.2) is 78.4 Å². The second kappa shape index (κ2) is 11.6. The Morgan fingerprint density at radius 2 is 1.79 bits per heavy atom. The molecule has 0 radical (unpaired) electrons. The van der Waals surface area contributed by atoms with Crippen molar-refractivity contribution in [3.8, 4) is 17.2 Å². The van der Waals surface area contributed by atoms with Gasteiger partial charge in [-0.15, -0.1) is 0 Å². The number of anilines is 1. The number of ether oxygens (including phenoxy) is 4. The number of nitrogens with zero attached hydrogens (tertiary/aromatic N) is 2. The molecule has 10 nitrogen and oxygen atoms in total. The van der Waals surface area contributed by atoms with E-state index >= 15 is 0 Å². The number of aryl methyl sites for hydroxylation is 1. The van der Waals surface area contributed by atoms with E-state index in [0.29, 0.717) is 48.3 Å². The molecule has 3 aromatic carbocycles. The Morgan fingerprint density at radius 3 is 2.56 bits per heavy atom. The lowest BCUT2D eigenvalue weighted by molar-refractivity contribution is -0.132. The lowest BCUT2D eigenvalue weighted by Crippen LogP contribution is -2.29. The first-order valence-corrected chi connectivity index (χ1v) is 14.2.